The van der Waals surface area contributed by atoms with E-state index in [1.807, 2.05) is 43.3 Å². The maximum absolute atomic E-state index is 9.19. The molecule has 4 heteroatoms. The highest BCUT2D eigenvalue weighted by Crippen LogP contribution is 2.39. The third kappa shape index (κ3) is 4.97. The second-order valence-electron chi connectivity index (χ2n) is 12.3. The summed E-state index contributed by atoms with van der Waals surface area (Å²) in [6.45, 7) is 8.14. The predicted molar refractivity (Wildman–Crippen MR) is 211 cm³/mol. The Morgan fingerprint density at radius 1 is 0.796 bits per heavy atom. The van der Waals surface area contributed by atoms with E-state index in [0.29, 0.717) is 11.4 Å². The Hall–Kier alpha value is -6.39. The van der Waals surface area contributed by atoms with Crippen LogP contribution in [0.5, 0.6) is 0 Å². The van der Waals surface area contributed by atoms with Crippen molar-refractivity contribution >= 4 is 80.3 Å². The van der Waals surface area contributed by atoms with Gasteiger partial charge in [0.15, 0.2) is 6.21 Å². The first-order chi connectivity index (χ1) is 24.1. The molecule has 0 amide bonds. The Kier molecular flexibility index (Phi) is 7.54. The lowest BCUT2D eigenvalue weighted by Gasteiger charge is -2.13. The third-order valence-electron chi connectivity index (χ3n) is 9.47. The Balaban J connectivity index is 1.53. The Bertz CT molecular complexity index is 2640. The van der Waals surface area contributed by atoms with Gasteiger partial charge in [0.05, 0.1) is 27.7 Å². The number of hydrogen-bond acceptors (Lipinski definition) is 2. The second kappa shape index (κ2) is 12.3. The lowest BCUT2D eigenvalue weighted by atomic mass is 9.94. The van der Waals surface area contributed by atoms with Gasteiger partial charge in [-0.3, -0.25) is 10.4 Å². The molecule has 1 aliphatic rings. The molecule has 2 bridgehead atoms. The fourth-order valence-electron chi connectivity index (χ4n) is 7.28. The van der Waals surface area contributed by atoms with Gasteiger partial charge in [-0.1, -0.05) is 97.1 Å². The van der Waals surface area contributed by atoms with Gasteiger partial charge in [-0.2, -0.15) is 4.58 Å². The standard InChI is InChI=1S/C45H35N4/c1-4-5-8-17-32-28-33-18-13-23-40-44(33)43-30(2)42-36(32)21-14-22-39(42)48(27-26-41(43)49(40)34-19-11-7-12-20-34)35-24-25-38(47-3)37(29-35)45(46)31-15-9-6-10-16-31/h4-29,46H,3H2,1-2H3/q+1/b5-4-,17-8-,27-26?,32-28?,33-28?,36-32?,41-26?,42-30?,43-30?,46-45?. The lowest BCUT2D eigenvalue weighted by Crippen LogP contribution is -2.18. The zero-order valence-electron chi connectivity index (χ0n) is 27.6. The molecule has 49 heavy (non-hydrogen) atoms. The lowest BCUT2D eigenvalue weighted by molar-refractivity contribution is 1.08. The van der Waals surface area contributed by atoms with Crippen LogP contribution in [-0.2, 0) is 0 Å². The maximum atomic E-state index is 9.19. The molecule has 6 aromatic carbocycles. The van der Waals surface area contributed by atoms with Crippen LogP contribution in [0.15, 0.2) is 145 Å². The van der Waals surface area contributed by atoms with Crippen molar-refractivity contribution in [1.29, 1.82) is 5.41 Å². The summed E-state index contributed by atoms with van der Waals surface area (Å²) in [5.41, 5.74) is 9.29. The molecule has 2 heterocycles. The number of aliphatic imine (C=N–C) groups is 1. The molecule has 1 N–H and O–H groups in total. The number of rotatable bonds is 7. The summed E-state index contributed by atoms with van der Waals surface area (Å²) in [6.07, 6.45) is 12.9. The number of hydrogen-bond donors (Lipinski definition) is 1. The average Bonchev–Trinajstić information content (AvgIpc) is 3.48. The van der Waals surface area contributed by atoms with E-state index in [-0.39, 0.29) is 0 Å². The van der Waals surface area contributed by atoms with E-state index in [0.717, 1.165) is 39.1 Å². The zero-order valence-corrected chi connectivity index (χ0v) is 27.6. The third-order valence-corrected chi connectivity index (χ3v) is 9.47. The minimum atomic E-state index is 0.408. The highest BCUT2D eigenvalue weighted by atomic mass is 15.0. The number of allylic oxidation sites excluding steroid dienone is 3. The predicted octanol–water partition coefficient (Wildman–Crippen LogP) is 10.6. The SMILES string of the molecule is C=Nc1ccc([N+]2=CC=c3c4c(C)c5c2cccc5c(/C=C\C=C/C)cc2cccc(c24)n3-c2ccccc2)cc1C(=N)c1ccccc1. The molecule has 0 aliphatic carbocycles. The van der Waals surface area contributed by atoms with Gasteiger partial charge in [0.2, 0.25) is 11.4 Å². The number of aryl methyl sites for hydroxylation is 1. The van der Waals surface area contributed by atoms with Crippen LogP contribution in [0.2, 0.25) is 0 Å². The van der Waals surface area contributed by atoms with Gasteiger partial charge < -0.3 is 4.57 Å². The number of benzene rings is 5. The zero-order chi connectivity index (χ0) is 33.5. The van der Waals surface area contributed by atoms with Crippen LogP contribution in [-0.4, -0.2) is 23.2 Å². The highest BCUT2D eigenvalue weighted by molar-refractivity contribution is 6.19. The largest absolute Gasteiger partial charge is 0.309 e. The minimum absolute atomic E-state index is 0.408. The molecule has 0 fully saturated rings. The Morgan fingerprint density at radius 3 is 2.35 bits per heavy atom. The van der Waals surface area contributed by atoms with Crippen LogP contribution in [0.25, 0.3) is 50.3 Å². The summed E-state index contributed by atoms with van der Waals surface area (Å²) in [5.74, 6) is 0. The van der Waals surface area contributed by atoms with Crippen molar-refractivity contribution in [2.45, 2.75) is 13.8 Å². The van der Waals surface area contributed by atoms with Crippen LogP contribution in [0.3, 0.4) is 0 Å². The first-order valence-corrected chi connectivity index (χ1v) is 16.5. The average molecular weight is 632 g/mol. The number of aromatic nitrogens is 1. The highest BCUT2D eigenvalue weighted by Gasteiger charge is 2.25. The van der Waals surface area contributed by atoms with Gasteiger partial charge >= 0.3 is 0 Å². The molecule has 4 nitrogen and oxygen atoms in total. The molecule has 7 aromatic rings. The smallest absolute Gasteiger partial charge is 0.219 e. The molecule has 0 radical (unpaired) electrons. The van der Waals surface area contributed by atoms with E-state index in [1.165, 1.54) is 38.0 Å². The molecule has 1 aliphatic heterocycles. The monoisotopic (exact) mass is 631 g/mol. The van der Waals surface area contributed by atoms with Gasteiger partial charge in [-0.15, -0.1) is 0 Å². The number of nitrogens with zero attached hydrogens (tertiary/aromatic N) is 3. The van der Waals surface area contributed by atoms with Gasteiger partial charge in [0.25, 0.3) is 0 Å². The van der Waals surface area contributed by atoms with Crippen molar-refractivity contribution in [2.24, 2.45) is 4.99 Å². The number of nitrogens with one attached hydrogen (secondary N) is 1. The molecular weight excluding hydrogens is 597 g/mol. The Labute approximate surface area is 285 Å². The van der Waals surface area contributed by atoms with E-state index < -0.39 is 0 Å². The molecule has 8 rings (SSSR count). The Morgan fingerprint density at radius 2 is 1.57 bits per heavy atom. The second-order valence-corrected chi connectivity index (χ2v) is 12.3. The topological polar surface area (TPSA) is 44.1 Å². The van der Waals surface area contributed by atoms with Crippen LogP contribution < -0.4 is 9.92 Å². The normalized spacial score (nSPS) is 12.6. The van der Waals surface area contributed by atoms with Gasteiger partial charge in [0, 0.05) is 51.9 Å². The van der Waals surface area contributed by atoms with E-state index in [2.05, 4.69) is 149 Å². The summed E-state index contributed by atoms with van der Waals surface area (Å²) in [6, 6.07) is 42.1. The summed E-state index contributed by atoms with van der Waals surface area (Å²) in [4.78, 5) is 4.32. The van der Waals surface area contributed by atoms with Gasteiger partial charge in [-0.05, 0) is 72.8 Å². The van der Waals surface area contributed by atoms with Crippen molar-refractivity contribution in [2.75, 3.05) is 0 Å². The van der Waals surface area contributed by atoms with E-state index >= 15 is 0 Å². The molecule has 0 atom stereocenters. The molecule has 1 aromatic heterocycles. The van der Waals surface area contributed by atoms with Crippen LogP contribution >= 0.6 is 0 Å². The number of para-hydroxylation sites is 1. The van der Waals surface area contributed by atoms with Crippen molar-refractivity contribution in [3.05, 3.63) is 167 Å². The maximum Gasteiger partial charge on any atom is 0.219 e. The van der Waals surface area contributed by atoms with E-state index in [1.54, 1.807) is 0 Å². The summed E-state index contributed by atoms with van der Waals surface area (Å²) in [7, 11) is 0. The van der Waals surface area contributed by atoms with Gasteiger partial charge in [0.1, 0.15) is 0 Å². The van der Waals surface area contributed by atoms with Crippen LogP contribution in [0, 0.1) is 12.3 Å². The molecular formula is C45H35N4+. The summed E-state index contributed by atoms with van der Waals surface area (Å²) in [5, 5.41) is 16.3. The minimum Gasteiger partial charge on any atom is -0.309 e. The molecule has 0 saturated carbocycles. The van der Waals surface area contributed by atoms with Crippen molar-refractivity contribution in [3.63, 3.8) is 0 Å². The molecule has 234 valence electrons. The quantitative estimate of drug-likeness (QED) is 0.103. The fourth-order valence-corrected chi connectivity index (χ4v) is 7.28. The summed E-state index contributed by atoms with van der Waals surface area (Å²) >= 11 is 0. The van der Waals surface area contributed by atoms with Gasteiger partial charge in [-0.25, -0.2) is 0 Å². The van der Waals surface area contributed by atoms with Crippen LogP contribution in [0.1, 0.15) is 29.2 Å². The van der Waals surface area contributed by atoms with Crippen molar-refractivity contribution in [3.8, 4) is 5.69 Å². The van der Waals surface area contributed by atoms with E-state index in [9.17, 15) is 5.41 Å². The molecule has 0 spiro atoms. The van der Waals surface area contributed by atoms with Crippen molar-refractivity contribution in [1.82, 2.24) is 9.14 Å². The molecule has 0 unspecified atom stereocenters. The van der Waals surface area contributed by atoms with Crippen molar-refractivity contribution < 1.29 is 0 Å². The van der Waals surface area contributed by atoms with Crippen LogP contribution in [0.4, 0.5) is 17.1 Å². The summed E-state index contributed by atoms with van der Waals surface area (Å²) < 4.78 is 4.64. The molecule has 0 saturated heterocycles. The van der Waals surface area contributed by atoms with E-state index in [4.69, 9.17) is 0 Å². The first-order valence-electron chi connectivity index (χ1n) is 16.5. The first kappa shape index (κ1) is 30.0. The fraction of sp³-hybridized carbons (Fsp3) is 0.0444.